The van der Waals surface area contributed by atoms with Gasteiger partial charge in [-0.25, -0.2) is 4.98 Å². The fourth-order valence-electron chi connectivity index (χ4n) is 1.25. The van der Waals surface area contributed by atoms with Gasteiger partial charge in [0.05, 0.1) is 5.69 Å². The molecule has 0 saturated heterocycles. The molecule has 0 atom stereocenters. The highest BCUT2D eigenvalue weighted by molar-refractivity contribution is 5.54. The van der Waals surface area contributed by atoms with E-state index in [2.05, 4.69) is 11.6 Å². The largest absolute Gasteiger partial charge is 0.307 e. The smallest absolute Gasteiger partial charge is 0.137 e. The van der Waals surface area contributed by atoms with Gasteiger partial charge in [0.25, 0.3) is 0 Å². The van der Waals surface area contributed by atoms with Gasteiger partial charge in [-0.2, -0.15) is 0 Å². The summed E-state index contributed by atoms with van der Waals surface area (Å²) in [6.45, 7) is 5.69. The molecule has 0 fully saturated rings. The standard InChI is InChI=1S/C10H10N2/c1-3-9-4-5-12-7-8(2)11-10(12)6-9/h3-7H,1H2,2H3. The molecule has 2 nitrogen and oxygen atoms in total. The molecule has 12 heavy (non-hydrogen) atoms. The topological polar surface area (TPSA) is 17.3 Å². The van der Waals surface area contributed by atoms with Gasteiger partial charge in [0, 0.05) is 12.4 Å². The Kier molecular flexibility index (Phi) is 1.47. The van der Waals surface area contributed by atoms with Crippen LogP contribution in [0.1, 0.15) is 11.3 Å². The van der Waals surface area contributed by atoms with Gasteiger partial charge < -0.3 is 4.40 Å². The van der Waals surface area contributed by atoms with E-state index in [-0.39, 0.29) is 0 Å². The molecule has 0 unspecified atom stereocenters. The van der Waals surface area contributed by atoms with Crippen molar-refractivity contribution >= 4 is 11.7 Å². The molecule has 2 rings (SSSR count). The summed E-state index contributed by atoms with van der Waals surface area (Å²) in [5, 5.41) is 0. The highest BCUT2D eigenvalue weighted by Gasteiger charge is 1.96. The van der Waals surface area contributed by atoms with Gasteiger partial charge in [-0.15, -0.1) is 0 Å². The van der Waals surface area contributed by atoms with Gasteiger partial charge in [0.15, 0.2) is 0 Å². The lowest BCUT2D eigenvalue weighted by Gasteiger charge is -1.93. The summed E-state index contributed by atoms with van der Waals surface area (Å²) in [5.74, 6) is 0. The van der Waals surface area contributed by atoms with Crippen molar-refractivity contribution in [3.05, 3.63) is 42.4 Å². The van der Waals surface area contributed by atoms with Crippen LogP contribution in [0, 0.1) is 6.92 Å². The third-order valence-electron chi connectivity index (χ3n) is 1.84. The van der Waals surface area contributed by atoms with Crippen LogP contribution in [0.3, 0.4) is 0 Å². The van der Waals surface area contributed by atoms with E-state index in [0.717, 1.165) is 16.9 Å². The van der Waals surface area contributed by atoms with Crippen LogP contribution >= 0.6 is 0 Å². The zero-order valence-electron chi connectivity index (χ0n) is 6.99. The Morgan fingerprint density at radius 1 is 1.58 bits per heavy atom. The molecule has 2 heteroatoms. The first-order valence-electron chi connectivity index (χ1n) is 3.87. The molecular formula is C10H10N2. The number of aromatic nitrogens is 2. The average Bonchev–Trinajstić information content (AvgIpc) is 2.43. The minimum absolute atomic E-state index is 0.977. The molecule has 0 aliphatic heterocycles. The van der Waals surface area contributed by atoms with Crippen molar-refractivity contribution in [1.29, 1.82) is 0 Å². The quantitative estimate of drug-likeness (QED) is 0.622. The van der Waals surface area contributed by atoms with E-state index in [9.17, 15) is 0 Å². The van der Waals surface area contributed by atoms with E-state index in [1.165, 1.54) is 0 Å². The molecule has 0 aliphatic rings. The molecule has 0 saturated carbocycles. The highest BCUT2D eigenvalue weighted by Crippen LogP contribution is 2.08. The lowest BCUT2D eigenvalue weighted by atomic mass is 10.3. The molecule has 2 aromatic heterocycles. The Bertz CT molecular complexity index is 426. The van der Waals surface area contributed by atoms with Crippen LogP contribution in [-0.2, 0) is 0 Å². The second kappa shape index (κ2) is 2.48. The van der Waals surface area contributed by atoms with E-state index in [1.54, 1.807) is 0 Å². The minimum atomic E-state index is 0.977. The van der Waals surface area contributed by atoms with Crippen LogP contribution in [0.5, 0.6) is 0 Å². The first-order valence-corrected chi connectivity index (χ1v) is 3.87. The molecule has 60 valence electrons. The van der Waals surface area contributed by atoms with Crippen LogP contribution in [0.2, 0.25) is 0 Å². The van der Waals surface area contributed by atoms with Crippen LogP contribution < -0.4 is 0 Å². The lowest BCUT2D eigenvalue weighted by Crippen LogP contribution is -1.82. The Morgan fingerprint density at radius 3 is 3.17 bits per heavy atom. The van der Waals surface area contributed by atoms with E-state index < -0.39 is 0 Å². The zero-order valence-corrected chi connectivity index (χ0v) is 6.99. The molecule has 2 aromatic rings. The first-order chi connectivity index (χ1) is 5.79. The highest BCUT2D eigenvalue weighted by atomic mass is 15.0. The first kappa shape index (κ1) is 7.10. The van der Waals surface area contributed by atoms with Gasteiger partial charge in [-0.3, -0.25) is 0 Å². The Hall–Kier alpha value is -1.57. The lowest BCUT2D eigenvalue weighted by molar-refractivity contribution is 1.18. The number of pyridine rings is 1. The minimum Gasteiger partial charge on any atom is -0.307 e. The van der Waals surface area contributed by atoms with Crippen molar-refractivity contribution in [2.75, 3.05) is 0 Å². The summed E-state index contributed by atoms with van der Waals surface area (Å²) in [5.41, 5.74) is 3.12. The fourth-order valence-corrected chi connectivity index (χ4v) is 1.25. The molecule has 0 spiro atoms. The molecule has 0 bridgehead atoms. The van der Waals surface area contributed by atoms with Crippen molar-refractivity contribution in [1.82, 2.24) is 9.38 Å². The Labute approximate surface area is 71.2 Å². The Morgan fingerprint density at radius 2 is 2.42 bits per heavy atom. The van der Waals surface area contributed by atoms with Gasteiger partial charge >= 0.3 is 0 Å². The second-order valence-corrected chi connectivity index (χ2v) is 2.81. The molecule has 2 heterocycles. The van der Waals surface area contributed by atoms with Crippen molar-refractivity contribution in [2.45, 2.75) is 6.92 Å². The normalized spacial score (nSPS) is 10.4. The summed E-state index contributed by atoms with van der Waals surface area (Å²) in [6.07, 6.45) is 5.82. The molecular weight excluding hydrogens is 148 g/mol. The van der Waals surface area contributed by atoms with E-state index >= 15 is 0 Å². The molecule has 0 aliphatic carbocycles. The monoisotopic (exact) mass is 158 g/mol. The van der Waals surface area contributed by atoms with Crippen molar-refractivity contribution in [3.8, 4) is 0 Å². The predicted molar refractivity (Wildman–Crippen MR) is 50.0 cm³/mol. The SMILES string of the molecule is C=Cc1ccn2cc(C)nc2c1. The predicted octanol–water partition coefficient (Wildman–Crippen LogP) is 2.29. The van der Waals surface area contributed by atoms with Crippen LogP contribution in [0.4, 0.5) is 0 Å². The fraction of sp³-hybridized carbons (Fsp3) is 0.100. The van der Waals surface area contributed by atoms with E-state index in [1.807, 2.05) is 41.9 Å². The van der Waals surface area contributed by atoms with Crippen LogP contribution in [0.25, 0.3) is 11.7 Å². The third kappa shape index (κ3) is 1.01. The molecule has 0 radical (unpaired) electrons. The molecule has 0 aromatic carbocycles. The summed E-state index contributed by atoms with van der Waals surface area (Å²) < 4.78 is 2.00. The third-order valence-corrected chi connectivity index (χ3v) is 1.84. The maximum absolute atomic E-state index is 4.34. The zero-order chi connectivity index (χ0) is 8.55. The summed E-state index contributed by atoms with van der Waals surface area (Å²) in [4.78, 5) is 4.34. The van der Waals surface area contributed by atoms with Crippen molar-refractivity contribution in [2.24, 2.45) is 0 Å². The van der Waals surface area contributed by atoms with Crippen molar-refractivity contribution < 1.29 is 0 Å². The number of hydrogen-bond donors (Lipinski definition) is 0. The molecule has 0 N–H and O–H groups in total. The van der Waals surface area contributed by atoms with Crippen LogP contribution in [0.15, 0.2) is 31.1 Å². The van der Waals surface area contributed by atoms with Gasteiger partial charge in [0.2, 0.25) is 0 Å². The summed E-state index contributed by atoms with van der Waals surface area (Å²) >= 11 is 0. The van der Waals surface area contributed by atoms with Gasteiger partial charge in [-0.05, 0) is 24.6 Å². The Balaban J connectivity index is 2.74. The maximum Gasteiger partial charge on any atom is 0.137 e. The van der Waals surface area contributed by atoms with Crippen molar-refractivity contribution in [3.63, 3.8) is 0 Å². The number of imidazole rings is 1. The maximum atomic E-state index is 4.34. The second-order valence-electron chi connectivity index (χ2n) is 2.81. The number of fused-ring (bicyclic) bond motifs is 1. The van der Waals surface area contributed by atoms with Crippen LogP contribution in [-0.4, -0.2) is 9.38 Å². The van der Waals surface area contributed by atoms with Gasteiger partial charge in [0.1, 0.15) is 5.65 Å². The van der Waals surface area contributed by atoms with Gasteiger partial charge in [-0.1, -0.05) is 12.7 Å². The number of nitrogens with zero attached hydrogens (tertiary/aromatic N) is 2. The van der Waals surface area contributed by atoms with E-state index in [0.29, 0.717) is 0 Å². The number of aryl methyl sites for hydroxylation is 1. The summed E-state index contributed by atoms with van der Waals surface area (Å²) in [6, 6.07) is 4.03. The average molecular weight is 158 g/mol. The number of hydrogen-bond acceptors (Lipinski definition) is 1. The summed E-state index contributed by atoms with van der Waals surface area (Å²) in [7, 11) is 0. The van der Waals surface area contributed by atoms with E-state index in [4.69, 9.17) is 0 Å². The molecule has 0 amide bonds. The number of rotatable bonds is 1.